The highest BCUT2D eigenvalue weighted by Crippen LogP contribution is 2.32. The van der Waals surface area contributed by atoms with Crippen LogP contribution < -0.4 is 14.8 Å². The van der Waals surface area contributed by atoms with Gasteiger partial charge in [0.15, 0.2) is 11.5 Å². The fourth-order valence-corrected chi connectivity index (χ4v) is 3.61. The number of hydrogen-bond donors (Lipinski definition) is 1. The second kappa shape index (κ2) is 6.37. The molecule has 124 valence electrons. The number of amides is 1. The second-order valence-electron chi connectivity index (χ2n) is 6.39. The van der Waals surface area contributed by atoms with Crippen LogP contribution in [0, 0.1) is 0 Å². The number of fused-ring (bicyclic) bond motifs is 1. The van der Waals surface area contributed by atoms with Gasteiger partial charge in [-0.3, -0.25) is 9.69 Å². The predicted molar refractivity (Wildman–Crippen MR) is 83.6 cm³/mol. The van der Waals surface area contributed by atoms with E-state index in [1.54, 1.807) is 0 Å². The predicted octanol–water partition coefficient (Wildman–Crippen LogP) is 0.937. The van der Waals surface area contributed by atoms with Gasteiger partial charge in [0.1, 0.15) is 0 Å². The van der Waals surface area contributed by atoms with E-state index in [1.165, 1.54) is 12.8 Å². The second-order valence-corrected chi connectivity index (χ2v) is 6.39. The maximum Gasteiger partial charge on any atom is 0.231 e. The Morgan fingerprint density at radius 1 is 1.17 bits per heavy atom. The number of carbonyl (C=O) groups is 1. The molecule has 2 atom stereocenters. The van der Waals surface area contributed by atoms with Crippen molar-refractivity contribution in [2.45, 2.75) is 31.3 Å². The summed E-state index contributed by atoms with van der Waals surface area (Å²) < 4.78 is 16.3. The van der Waals surface area contributed by atoms with E-state index < -0.39 is 0 Å². The maximum atomic E-state index is 12.4. The third-order valence-electron chi connectivity index (χ3n) is 4.81. The lowest BCUT2D eigenvalue weighted by Crippen LogP contribution is -2.50. The van der Waals surface area contributed by atoms with E-state index in [1.807, 2.05) is 18.2 Å². The van der Waals surface area contributed by atoms with Crippen LogP contribution in [0.4, 0.5) is 0 Å². The van der Waals surface area contributed by atoms with E-state index in [9.17, 15) is 4.79 Å². The number of likely N-dealkylation sites (tertiary alicyclic amines) is 1. The smallest absolute Gasteiger partial charge is 0.231 e. The van der Waals surface area contributed by atoms with Gasteiger partial charge in [0.05, 0.1) is 31.7 Å². The Morgan fingerprint density at radius 2 is 2.00 bits per heavy atom. The van der Waals surface area contributed by atoms with Crippen molar-refractivity contribution in [1.82, 2.24) is 10.2 Å². The van der Waals surface area contributed by atoms with Gasteiger partial charge in [-0.05, 0) is 43.6 Å². The van der Waals surface area contributed by atoms with Crippen LogP contribution in [0.5, 0.6) is 11.5 Å². The molecule has 1 aromatic carbocycles. The number of ether oxygens (including phenoxy) is 3. The topological polar surface area (TPSA) is 60.0 Å². The van der Waals surface area contributed by atoms with Crippen LogP contribution in [0.2, 0.25) is 0 Å². The summed E-state index contributed by atoms with van der Waals surface area (Å²) in [6, 6.07) is 6.06. The van der Waals surface area contributed by atoms with Crippen molar-refractivity contribution < 1.29 is 19.0 Å². The van der Waals surface area contributed by atoms with Crippen molar-refractivity contribution in [3.8, 4) is 11.5 Å². The van der Waals surface area contributed by atoms with Crippen LogP contribution in [0.1, 0.15) is 18.4 Å². The molecule has 0 saturated carbocycles. The molecule has 1 aromatic rings. The number of nitrogens with zero attached hydrogens (tertiary/aromatic N) is 1. The number of carbonyl (C=O) groups excluding carboxylic acids is 1. The maximum absolute atomic E-state index is 12.4. The first-order valence-corrected chi connectivity index (χ1v) is 8.29. The zero-order chi connectivity index (χ0) is 15.6. The van der Waals surface area contributed by atoms with Gasteiger partial charge < -0.3 is 19.5 Å². The van der Waals surface area contributed by atoms with Gasteiger partial charge >= 0.3 is 0 Å². The van der Waals surface area contributed by atoms with Crippen molar-refractivity contribution in [3.63, 3.8) is 0 Å². The molecule has 3 heterocycles. The first-order valence-electron chi connectivity index (χ1n) is 8.29. The Balaban J connectivity index is 1.36. The van der Waals surface area contributed by atoms with Gasteiger partial charge in [-0.2, -0.15) is 0 Å². The van der Waals surface area contributed by atoms with Crippen molar-refractivity contribution in [3.05, 3.63) is 23.8 Å². The summed E-state index contributed by atoms with van der Waals surface area (Å²) in [5.74, 6) is 1.49. The molecule has 0 unspecified atom stereocenters. The van der Waals surface area contributed by atoms with Gasteiger partial charge in [-0.1, -0.05) is 6.07 Å². The van der Waals surface area contributed by atoms with Gasteiger partial charge in [-0.15, -0.1) is 0 Å². The molecule has 0 radical (unpaired) electrons. The summed E-state index contributed by atoms with van der Waals surface area (Å²) in [4.78, 5) is 14.8. The van der Waals surface area contributed by atoms with Crippen LogP contribution in [0.3, 0.4) is 0 Å². The highest BCUT2D eigenvalue weighted by atomic mass is 16.7. The number of rotatable bonds is 4. The largest absolute Gasteiger partial charge is 0.454 e. The third kappa shape index (κ3) is 3.14. The van der Waals surface area contributed by atoms with Crippen LogP contribution in [-0.4, -0.2) is 56.0 Å². The zero-order valence-corrected chi connectivity index (χ0v) is 13.1. The number of benzene rings is 1. The molecule has 23 heavy (non-hydrogen) atoms. The molecule has 0 spiro atoms. The van der Waals surface area contributed by atoms with Crippen LogP contribution in [-0.2, 0) is 16.0 Å². The molecule has 1 amide bonds. The minimum absolute atomic E-state index is 0.0311. The number of nitrogens with one attached hydrogen (secondary N) is 1. The minimum atomic E-state index is 0.0311. The van der Waals surface area contributed by atoms with Crippen LogP contribution >= 0.6 is 0 Å². The molecule has 3 aliphatic heterocycles. The fraction of sp³-hybridized carbons (Fsp3) is 0.588. The zero-order valence-electron chi connectivity index (χ0n) is 13.1. The SMILES string of the molecule is O=C(Cc1ccc2c(c1)OCO2)N[C@H]1COC[C@@H]1N1CCCC1. The monoisotopic (exact) mass is 318 g/mol. The molecule has 4 rings (SSSR count). The average molecular weight is 318 g/mol. The molecule has 6 heteroatoms. The molecule has 6 nitrogen and oxygen atoms in total. The Hall–Kier alpha value is -1.79. The van der Waals surface area contributed by atoms with Gasteiger partial charge in [0.25, 0.3) is 0 Å². The Morgan fingerprint density at radius 3 is 2.87 bits per heavy atom. The minimum Gasteiger partial charge on any atom is -0.454 e. The summed E-state index contributed by atoms with van der Waals surface area (Å²) in [6.45, 7) is 3.80. The van der Waals surface area contributed by atoms with Gasteiger partial charge in [0, 0.05) is 0 Å². The lowest BCUT2D eigenvalue weighted by atomic mass is 10.1. The highest BCUT2D eigenvalue weighted by molar-refractivity contribution is 5.79. The van der Waals surface area contributed by atoms with Crippen molar-refractivity contribution >= 4 is 5.91 Å². The normalized spacial score (nSPS) is 26.6. The van der Waals surface area contributed by atoms with Crippen molar-refractivity contribution in [1.29, 1.82) is 0 Å². The Bertz CT molecular complexity index is 586. The quantitative estimate of drug-likeness (QED) is 0.895. The van der Waals surface area contributed by atoms with Gasteiger partial charge in [0.2, 0.25) is 12.7 Å². The standard InChI is InChI=1S/C17H22N2O4/c20-17(8-12-3-4-15-16(7-12)23-11-22-15)18-13-9-21-10-14(13)19-5-1-2-6-19/h3-4,7,13-14H,1-2,5-6,8-11H2,(H,18,20)/t13-,14-/m0/s1. The summed E-state index contributed by atoms with van der Waals surface area (Å²) in [5.41, 5.74) is 0.934. The molecule has 0 aromatic heterocycles. The molecular formula is C17H22N2O4. The summed E-state index contributed by atoms with van der Waals surface area (Å²) in [7, 11) is 0. The molecule has 1 N–H and O–H groups in total. The first kappa shape index (κ1) is 14.8. The highest BCUT2D eigenvalue weighted by Gasteiger charge is 2.35. The fourth-order valence-electron chi connectivity index (χ4n) is 3.61. The molecule has 3 aliphatic rings. The first-order chi connectivity index (χ1) is 11.3. The van der Waals surface area contributed by atoms with E-state index in [-0.39, 0.29) is 18.7 Å². The van der Waals surface area contributed by atoms with Gasteiger partial charge in [-0.25, -0.2) is 0 Å². The third-order valence-corrected chi connectivity index (χ3v) is 4.81. The van der Waals surface area contributed by atoms with Crippen molar-refractivity contribution in [2.75, 3.05) is 33.1 Å². The molecule has 2 fully saturated rings. The molecule has 2 saturated heterocycles. The van der Waals surface area contributed by atoms with E-state index in [2.05, 4.69) is 10.2 Å². The summed E-state index contributed by atoms with van der Waals surface area (Å²) in [6.07, 6.45) is 2.84. The molecule has 0 aliphatic carbocycles. The summed E-state index contributed by atoms with van der Waals surface area (Å²) in [5, 5.41) is 3.14. The van der Waals surface area contributed by atoms with Crippen LogP contribution in [0.15, 0.2) is 18.2 Å². The molecule has 0 bridgehead atoms. The number of hydrogen-bond acceptors (Lipinski definition) is 5. The summed E-state index contributed by atoms with van der Waals surface area (Å²) >= 11 is 0. The van der Waals surface area contributed by atoms with E-state index in [0.29, 0.717) is 19.1 Å². The average Bonchev–Trinajstić information content (AvgIpc) is 3.27. The van der Waals surface area contributed by atoms with Crippen LogP contribution in [0.25, 0.3) is 0 Å². The van der Waals surface area contributed by atoms with E-state index >= 15 is 0 Å². The Kier molecular flexibility index (Phi) is 4.10. The van der Waals surface area contributed by atoms with Crippen molar-refractivity contribution in [2.24, 2.45) is 0 Å². The van der Waals surface area contributed by atoms with E-state index in [0.717, 1.165) is 36.8 Å². The lowest BCUT2D eigenvalue weighted by Gasteiger charge is -2.27. The lowest BCUT2D eigenvalue weighted by molar-refractivity contribution is -0.121. The van der Waals surface area contributed by atoms with E-state index in [4.69, 9.17) is 14.2 Å². The Labute approximate surface area is 135 Å². The molecular weight excluding hydrogens is 296 g/mol.